The summed E-state index contributed by atoms with van der Waals surface area (Å²) < 4.78 is 5.75. The van der Waals surface area contributed by atoms with Gasteiger partial charge in [-0.3, -0.25) is 4.79 Å². The molecular weight excluding hydrogens is 274 g/mol. The van der Waals surface area contributed by atoms with Gasteiger partial charge in [0.15, 0.2) is 5.78 Å². The molecular formula is C19H21NO2. The van der Waals surface area contributed by atoms with E-state index in [0.717, 1.165) is 34.5 Å². The van der Waals surface area contributed by atoms with E-state index >= 15 is 0 Å². The van der Waals surface area contributed by atoms with Crippen LogP contribution in [-0.2, 0) is 0 Å². The monoisotopic (exact) mass is 295 g/mol. The summed E-state index contributed by atoms with van der Waals surface area (Å²) in [7, 11) is 4.02. The van der Waals surface area contributed by atoms with E-state index in [9.17, 15) is 4.79 Å². The predicted molar refractivity (Wildman–Crippen MR) is 88.8 cm³/mol. The standard InChI is InChI=1S/C19H21NO2/c1-12-5-7-16-18(13(12)2)15-8-6-14(11-17(15)19(16)21)22-10-9-20(3)4/h5-8,11H,9-10H2,1-4H3. The van der Waals surface area contributed by atoms with E-state index in [1.807, 2.05) is 44.4 Å². The molecule has 0 atom stereocenters. The number of likely N-dealkylation sites (N-methyl/N-ethyl adjacent to an activating group) is 1. The maximum Gasteiger partial charge on any atom is 0.194 e. The molecule has 3 nitrogen and oxygen atoms in total. The Hall–Kier alpha value is -2.13. The lowest BCUT2D eigenvalue weighted by Gasteiger charge is -2.12. The predicted octanol–water partition coefficient (Wildman–Crippen LogP) is 3.46. The van der Waals surface area contributed by atoms with Crippen molar-refractivity contribution in [3.05, 3.63) is 52.6 Å². The molecule has 0 radical (unpaired) electrons. The first-order chi connectivity index (χ1) is 10.5. The Bertz CT molecular complexity index is 747. The Morgan fingerprint density at radius 3 is 2.45 bits per heavy atom. The highest BCUT2D eigenvalue weighted by Gasteiger charge is 2.28. The van der Waals surface area contributed by atoms with E-state index in [1.54, 1.807) is 0 Å². The Morgan fingerprint density at radius 1 is 1.00 bits per heavy atom. The number of nitrogens with zero attached hydrogens (tertiary/aromatic N) is 1. The fraction of sp³-hybridized carbons (Fsp3) is 0.316. The topological polar surface area (TPSA) is 29.5 Å². The van der Waals surface area contributed by atoms with Gasteiger partial charge in [0, 0.05) is 17.7 Å². The number of rotatable bonds is 4. The zero-order valence-corrected chi connectivity index (χ0v) is 13.6. The van der Waals surface area contributed by atoms with Crippen LogP contribution in [0.4, 0.5) is 0 Å². The minimum Gasteiger partial charge on any atom is -0.492 e. The molecule has 2 aromatic rings. The van der Waals surface area contributed by atoms with Crippen LogP contribution in [0.1, 0.15) is 27.0 Å². The van der Waals surface area contributed by atoms with Gasteiger partial charge in [0.1, 0.15) is 12.4 Å². The second-order valence-electron chi connectivity index (χ2n) is 6.12. The molecule has 1 aliphatic rings. The minimum atomic E-state index is 0.103. The first kappa shape index (κ1) is 14.8. The van der Waals surface area contributed by atoms with E-state index in [1.165, 1.54) is 11.1 Å². The molecule has 2 aromatic carbocycles. The van der Waals surface area contributed by atoms with Gasteiger partial charge >= 0.3 is 0 Å². The Balaban J connectivity index is 1.95. The molecule has 114 valence electrons. The Labute approximate surface area is 131 Å². The average Bonchev–Trinajstić information content (AvgIpc) is 2.76. The van der Waals surface area contributed by atoms with Crippen molar-refractivity contribution >= 4 is 5.78 Å². The van der Waals surface area contributed by atoms with Crippen LogP contribution in [0.3, 0.4) is 0 Å². The summed E-state index contributed by atoms with van der Waals surface area (Å²) in [5.41, 5.74) is 6.08. The summed E-state index contributed by atoms with van der Waals surface area (Å²) in [4.78, 5) is 14.7. The average molecular weight is 295 g/mol. The summed E-state index contributed by atoms with van der Waals surface area (Å²) in [5.74, 6) is 0.863. The Morgan fingerprint density at radius 2 is 1.73 bits per heavy atom. The van der Waals surface area contributed by atoms with Gasteiger partial charge in [-0.1, -0.05) is 12.1 Å². The smallest absolute Gasteiger partial charge is 0.194 e. The van der Waals surface area contributed by atoms with E-state index in [2.05, 4.69) is 18.7 Å². The molecule has 22 heavy (non-hydrogen) atoms. The maximum absolute atomic E-state index is 12.6. The summed E-state index contributed by atoms with van der Waals surface area (Å²) in [5, 5.41) is 0. The second kappa shape index (κ2) is 5.58. The number of benzene rings is 2. The third kappa shape index (κ3) is 2.42. The Kier molecular flexibility index (Phi) is 3.75. The van der Waals surface area contributed by atoms with Crippen molar-refractivity contribution in [1.29, 1.82) is 0 Å². The number of aryl methyl sites for hydroxylation is 1. The van der Waals surface area contributed by atoms with Crippen LogP contribution in [0, 0.1) is 13.8 Å². The van der Waals surface area contributed by atoms with Crippen molar-refractivity contribution in [3.8, 4) is 16.9 Å². The molecule has 0 aliphatic heterocycles. The molecule has 0 saturated heterocycles. The molecule has 0 spiro atoms. The summed E-state index contributed by atoms with van der Waals surface area (Å²) in [6, 6.07) is 9.80. The molecule has 0 unspecified atom stereocenters. The normalized spacial score (nSPS) is 12.5. The quantitative estimate of drug-likeness (QED) is 0.738. The van der Waals surface area contributed by atoms with E-state index in [4.69, 9.17) is 4.74 Å². The zero-order chi connectivity index (χ0) is 15.9. The molecule has 3 heteroatoms. The summed E-state index contributed by atoms with van der Waals surface area (Å²) >= 11 is 0. The lowest BCUT2D eigenvalue weighted by Crippen LogP contribution is -2.19. The van der Waals surface area contributed by atoms with Gasteiger partial charge in [0.25, 0.3) is 0 Å². The van der Waals surface area contributed by atoms with Crippen LogP contribution in [-0.4, -0.2) is 37.9 Å². The largest absolute Gasteiger partial charge is 0.492 e. The van der Waals surface area contributed by atoms with Gasteiger partial charge in [-0.15, -0.1) is 0 Å². The molecule has 0 amide bonds. The van der Waals surface area contributed by atoms with Gasteiger partial charge in [-0.25, -0.2) is 0 Å². The number of ketones is 1. The summed E-state index contributed by atoms with van der Waals surface area (Å²) in [6.45, 7) is 5.63. The van der Waals surface area contributed by atoms with Gasteiger partial charge < -0.3 is 9.64 Å². The SMILES string of the molecule is Cc1ccc2c(c1C)-c1ccc(OCCN(C)C)cc1C2=O. The molecule has 0 saturated carbocycles. The molecule has 1 aliphatic carbocycles. The van der Waals surface area contributed by atoms with Crippen molar-refractivity contribution in [2.75, 3.05) is 27.2 Å². The lowest BCUT2D eigenvalue weighted by atomic mass is 9.97. The number of carbonyl (C=O) groups is 1. The number of hydrogen-bond donors (Lipinski definition) is 0. The van der Waals surface area contributed by atoms with Crippen molar-refractivity contribution in [3.63, 3.8) is 0 Å². The van der Waals surface area contributed by atoms with Crippen molar-refractivity contribution in [1.82, 2.24) is 4.90 Å². The van der Waals surface area contributed by atoms with Crippen molar-refractivity contribution < 1.29 is 9.53 Å². The zero-order valence-electron chi connectivity index (χ0n) is 13.6. The molecule has 0 bridgehead atoms. The third-order valence-corrected chi connectivity index (χ3v) is 4.29. The van der Waals surface area contributed by atoms with Crippen LogP contribution in [0.15, 0.2) is 30.3 Å². The van der Waals surface area contributed by atoms with Crippen molar-refractivity contribution in [2.45, 2.75) is 13.8 Å². The van der Waals surface area contributed by atoms with Gasteiger partial charge in [0.2, 0.25) is 0 Å². The van der Waals surface area contributed by atoms with Gasteiger partial charge in [-0.05, 0) is 68.4 Å². The fourth-order valence-corrected chi connectivity index (χ4v) is 2.86. The van der Waals surface area contributed by atoms with E-state index in [0.29, 0.717) is 6.61 Å². The fourth-order valence-electron chi connectivity index (χ4n) is 2.86. The lowest BCUT2D eigenvalue weighted by molar-refractivity contribution is 0.104. The highest BCUT2D eigenvalue weighted by atomic mass is 16.5. The first-order valence-corrected chi connectivity index (χ1v) is 7.56. The number of ether oxygens (including phenoxy) is 1. The van der Waals surface area contributed by atoms with Crippen LogP contribution in [0.5, 0.6) is 5.75 Å². The van der Waals surface area contributed by atoms with Crippen molar-refractivity contribution in [2.24, 2.45) is 0 Å². The van der Waals surface area contributed by atoms with Crippen LogP contribution in [0.2, 0.25) is 0 Å². The highest BCUT2D eigenvalue weighted by Crippen LogP contribution is 2.41. The maximum atomic E-state index is 12.6. The molecule has 0 N–H and O–H groups in total. The number of fused-ring (bicyclic) bond motifs is 3. The molecule has 3 rings (SSSR count). The highest BCUT2D eigenvalue weighted by molar-refractivity contribution is 6.22. The summed E-state index contributed by atoms with van der Waals surface area (Å²) in [6.07, 6.45) is 0. The van der Waals surface area contributed by atoms with Crippen LogP contribution < -0.4 is 4.74 Å². The van der Waals surface area contributed by atoms with Gasteiger partial charge in [-0.2, -0.15) is 0 Å². The first-order valence-electron chi connectivity index (χ1n) is 7.56. The number of hydrogen-bond acceptors (Lipinski definition) is 3. The van der Waals surface area contributed by atoms with Crippen LogP contribution >= 0.6 is 0 Å². The molecule has 0 aromatic heterocycles. The number of carbonyl (C=O) groups excluding carboxylic acids is 1. The van der Waals surface area contributed by atoms with E-state index in [-0.39, 0.29) is 5.78 Å². The molecule has 0 fully saturated rings. The molecule has 0 heterocycles. The van der Waals surface area contributed by atoms with E-state index < -0.39 is 0 Å². The second-order valence-corrected chi connectivity index (χ2v) is 6.12. The minimum absolute atomic E-state index is 0.103. The third-order valence-electron chi connectivity index (χ3n) is 4.29. The van der Waals surface area contributed by atoms with Gasteiger partial charge in [0.05, 0.1) is 0 Å². The van der Waals surface area contributed by atoms with Crippen LogP contribution in [0.25, 0.3) is 11.1 Å².